The number of rotatable bonds is 6. The number of ether oxygens (including phenoxy) is 2. The average molecular weight is 305 g/mol. The highest BCUT2D eigenvalue weighted by atomic mass is 35.5. The molecule has 110 valence electrons. The molecule has 0 aliphatic heterocycles. The Morgan fingerprint density at radius 1 is 1.10 bits per heavy atom. The van der Waals surface area contributed by atoms with E-state index in [4.69, 9.17) is 21.1 Å². The summed E-state index contributed by atoms with van der Waals surface area (Å²) in [5.41, 5.74) is 1.54. The van der Waals surface area contributed by atoms with E-state index >= 15 is 0 Å². The molecular formula is C17H17ClO3. The average Bonchev–Trinajstić information content (AvgIpc) is 2.49. The predicted octanol–water partition coefficient (Wildman–Crippen LogP) is 4.31. The second-order valence-corrected chi connectivity index (χ2v) is 5.02. The van der Waals surface area contributed by atoms with Crippen LogP contribution in [0.4, 0.5) is 0 Å². The molecule has 0 aromatic heterocycles. The van der Waals surface area contributed by atoms with Crippen molar-refractivity contribution in [3.63, 3.8) is 0 Å². The molecule has 0 saturated heterocycles. The molecule has 2 aromatic carbocycles. The van der Waals surface area contributed by atoms with Gasteiger partial charge in [-0.05, 0) is 55.8 Å². The van der Waals surface area contributed by atoms with Crippen LogP contribution in [0.25, 0.3) is 0 Å². The second kappa shape index (κ2) is 7.14. The van der Waals surface area contributed by atoms with Crippen LogP contribution >= 0.6 is 11.6 Å². The Labute approximate surface area is 129 Å². The maximum Gasteiger partial charge on any atom is 0.200 e. The van der Waals surface area contributed by atoms with Crippen molar-refractivity contribution in [2.75, 3.05) is 13.2 Å². The number of hydrogen-bond donors (Lipinski definition) is 0. The van der Waals surface area contributed by atoms with E-state index in [-0.39, 0.29) is 12.4 Å². The van der Waals surface area contributed by atoms with Gasteiger partial charge in [-0.25, -0.2) is 0 Å². The van der Waals surface area contributed by atoms with Gasteiger partial charge in [0.1, 0.15) is 11.5 Å². The highest BCUT2D eigenvalue weighted by Crippen LogP contribution is 2.22. The standard InChI is InChI=1S/C17H17ClO3/c1-3-20-15-8-5-13(6-9-15)16(19)11-21-17-10-14(18)7-4-12(17)2/h4-10H,3,11H2,1-2H3. The third-order valence-corrected chi connectivity index (χ3v) is 3.23. The Kier molecular flexibility index (Phi) is 5.23. The van der Waals surface area contributed by atoms with Crippen molar-refractivity contribution in [2.24, 2.45) is 0 Å². The Hall–Kier alpha value is -2.00. The minimum Gasteiger partial charge on any atom is -0.494 e. The number of hydrogen-bond acceptors (Lipinski definition) is 3. The molecular weight excluding hydrogens is 288 g/mol. The molecule has 0 aliphatic carbocycles. The highest BCUT2D eigenvalue weighted by molar-refractivity contribution is 6.30. The molecule has 0 aliphatic rings. The maximum absolute atomic E-state index is 12.1. The van der Waals surface area contributed by atoms with E-state index in [1.807, 2.05) is 19.9 Å². The van der Waals surface area contributed by atoms with Crippen LogP contribution in [-0.4, -0.2) is 19.0 Å². The molecule has 0 amide bonds. The quantitative estimate of drug-likeness (QED) is 0.746. The summed E-state index contributed by atoms with van der Waals surface area (Å²) < 4.78 is 10.9. The summed E-state index contributed by atoms with van der Waals surface area (Å²) in [5, 5.41) is 0.587. The van der Waals surface area contributed by atoms with E-state index in [0.29, 0.717) is 22.9 Å². The first-order valence-corrected chi connectivity index (χ1v) is 7.13. The number of carbonyl (C=O) groups excluding carboxylic acids is 1. The summed E-state index contributed by atoms with van der Waals surface area (Å²) in [4.78, 5) is 12.1. The zero-order valence-electron chi connectivity index (χ0n) is 12.1. The van der Waals surface area contributed by atoms with E-state index in [9.17, 15) is 4.79 Å². The molecule has 0 fully saturated rings. The molecule has 0 spiro atoms. The number of halogens is 1. The third-order valence-electron chi connectivity index (χ3n) is 3.00. The largest absolute Gasteiger partial charge is 0.494 e. The summed E-state index contributed by atoms with van der Waals surface area (Å²) in [7, 11) is 0. The summed E-state index contributed by atoms with van der Waals surface area (Å²) in [6.07, 6.45) is 0. The van der Waals surface area contributed by atoms with Crippen molar-refractivity contribution in [1.82, 2.24) is 0 Å². The minimum atomic E-state index is -0.0857. The van der Waals surface area contributed by atoms with Gasteiger partial charge in [-0.2, -0.15) is 0 Å². The van der Waals surface area contributed by atoms with E-state index in [0.717, 1.165) is 11.3 Å². The lowest BCUT2D eigenvalue weighted by Gasteiger charge is -2.09. The van der Waals surface area contributed by atoms with Gasteiger partial charge in [0.25, 0.3) is 0 Å². The lowest BCUT2D eigenvalue weighted by molar-refractivity contribution is 0.0921. The summed E-state index contributed by atoms with van der Waals surface area (Å²) in [6, 6.07) is 12.4. The van der Waals surface area contributed by atoms with Gasteiger partial charge in [0.2, 0.25) is 0 Å². The van der Waals surface area contributed by atoms with Gasteiger partial charge in [0, 0.05) is 10.6 Å². The molecule has 0 N–H and O–H groups in total. The second-order valence-electron chi connectivity index (χ2n) is 4.58. The van der Waals surface area contributed by atoms with Crippen LogP contribution in [0, 0.1) is 6.92 Å². The number of benzene rings is 2. The SMILES string of the molecule is CCOc1ccc(C(=O)COc2cc(Cl)ccc2C)cc1. The molecule has 2 rings (SSSR count). The number of Topliss-reactive ketones (excluding diaryl/α,β-unsaturated/α-hetero) is 1. The van der Waals surface area contributed by atoms with Crippen LogP contribution in [0.3, 0.4) is 0 Å². The zero-order chi connectivity index (χ0) is 15.2. The fourth-order valence-corrected chi connectivity index (χ4v) is 2.02. The maximum atomic E-state index is 12.1. The van der Waals surface area contributed by atoms with Crippen molar-refractivity contribution in [2.45, 2.75) is 13.8 Å². The van der Waals surface area contributed by atoms with Crippen LogP contribution in [0.15, 0.2) is 42.5 Å². The van der Waals surface area contributed by atoms with Crippen LogP contribution in [-0.2, 0) is 0 Å². The number of carbonyl (C=O) groups is 1. The smallest absolute Gasteiger partial charge is 0.200 e. The molecule has 0 atom stereocenters. The van der Waals surface area contributed by atoms with Gasteiger partial charge in [-0.15, -0.1) is 0 Å². The fourth-order valence-electron chi connectivity index (χ4n) is 1.86. The molecule has 2 aromatic rings. The summed E-state index contributed by atoms with van der Waals surface area (Å²) in [6.45, 7) is 4.41. The topological polar surface area (TPSA) is 35.5 Å². The van der Waals surface area contributed by atoms with Gasteiger partial charge in [-0.1, -0.05) is 17.7 Å². The van der Waals surface area contributed by atoms with Crippen molar-refractivity contribution in [1.29, 1.82) is 0 Å². The third kappa shape index (κ3) is 4.23. The van der Waals surface area contributed by atoms with E-state index in [1.54, 1.807) is 36.4 Å². The van der Waals surface area contributed by atoms with Gasteiger partial charge >= 0.3 is 0 Å². The number of aryl methyl sites for hydroxylation is 1. The molecule has 0 heterocycles. The van der Waals surface area contributed by atoms with Gasteiger partial charge < -0.3 is 9.47 Å². The summed E-state index contributed by atoms with van der Waals surface area (Å²) >= 11 is 5.92. The normalized spacial score (nSPS) is 10.2. The lowest BCUT2D eigenvalue weighted by Crippen LogP contribution is -2.12. The molecule has 0 saturated carbocycles. The molecule has 0 bridgehead atoms. The van der Waals surface area contributed by atoms with Crippen molar-refractivity contribution in [3.05, 3.63) is 58.6 Å². The summed E-state index contributed by atoms with van der Waals surface area (Å²) in [5.74, 6) is 1.29. The molecule has 4 heteroatoms. The Morgan fingerprint density at radius 2 is 1.81 bits per heavy atom. The van der Waals surface area contributed by atoms with Crippen LogP contribution in [0.5, 0.6) is 11.5 Å². The van der Waals surface area contributed by atoms with Gasteiger partial charge in [0.15, 0.2) is 12.4 Å². The van der Waals surface area contributed by atoms with Crippen LogP contribution < -0.4 is 9.47 Å². The minimum absolute atomic E-state index is 0.0187. The van der Waals surface area contributed by atoms with Crippen molar-refractivity contribution < 1.29 is 14.3 Å². The van der Waals surface area contributed by atoms with Gasteiger partial charge in [-0.3, -0.25) is 4.79 Å². The fraction of sp³-hybridized carbons (Fsp3) is 0.235. The van der Waals surface area contributed by atoms with E-state index in [1.165, 1.54) is 0 Å². The molecule has 21 heavy (non-hydrogen) atoms. The first-order chi connectivity index (χ1) is 10.1. The lowest BCUT2D eigenvalue weighted by atomic mass is 10.1. The van der Waals surface area contributed by atoms with Gasteiger partial charge in [0.05, 0.1) is 6.61 Å². The first kappa shape index (κ1) is 15.4. The van der Waals surface area contributed by atoms with Crippen molar-refractivity contribution >= 4 is 17.4 Å². The van der Waals surface area contributed by atoms with Crippen LogP contribution in [0.1, 0.15) is 22.8 Å². The number of ketones is 1. The monoisotopic (exact) mass is 304 g/mol. The highest BCUT2D eigenvalue weighted by Gasteiger charge is 2.08. The Balaban J connectivity index is 1.99. The van der Waals surface area contributed by atoms with E-state index in [2.05, 4.69) is 0 Å². The Morgan fingerprint density at radius 3 is 2.48 bits per heavy atom. The molecule has 3 nitrogen and oxygen atoms in total. The first-order valence-electron chi connectivity index (χ1n) is 6.75. The zero-order valence-corrected chi connectivity index (χ0v) is 12.8. The van der Waals surface area contributed by atoms with E-state index < -0.39 is 0 Å². The molecule has 0 radical (unpaired) electrons. The Bertz CT molecular complexity index is 620. The molecule has 0 unspecified atom stereocenters. The predicted molar refractivity (Wildman–Crippen MR) is 83.6 cm³/mol. The van der Waals surface area contributed by atoms with Crippen molar-refractivity contribution in [3.8, 4) is 11.5 Å². The van der Waals surface area contributed by atoms with Crippen LogP contribution in [0.2, 0.25) is 5.02 Å².